The van der Waals surface area contributed by atoms with Crippen molar-refractivity contribution in [1.82, 2.24) is 14.8 Å². The van der Waals surface area contributed by atoms with Gasteiger partial charge in [0.2, 0.25) is 0 Å². The van der Waals surface area contributed by atoms with Gasteiger partial charge in [-0.05, 0) is 24.3 Å². The van der Waals surface area contributed by atoms with Crippen LogP contribution in [0.1, 0.15) is 0 Å². The topological polar surface area (TPSA) is 86.1 Å². The molecule has 0 N–H and O–H groups in total. The summed E-state index contributed by atoms with van der Waals surface area (Å²) in [6, 6.07) is 16.8. The van der Waals surface area contributed by atoms with Gasteiger partial charge in [0.15, 0.2) is 34.6 Å². The second-order valence-corrected chi connectivity index (χ2v) is 7.32. The molecule has 3 aromatic carbocycles. The number of ether oxygens (including phenoxy) is 6. The van der Waals surface area contributed by atoms with Gasteiger partial charge in [-0.2, -0.15) is 0 Å². The molecule has 0 saturated heterocycles. The molecule has 1 heterocycles. The van der Waals surface area contributed by atoms with Gasteiger partial charge in [-0.25, -0.2) is 9.67 Å². The molecule has 35 heavy (non-hydrogen) atoms. The van der Waals surface area contributed by atoms with Gasteiger partial charge in [-0.3, -0.25) is 0 Å². The number of hydrogen-bond acceptors (Lipinski definition) is 8. The van der Waals surface area contributed by atoms with Crippen LogP contribution in [0, 0.1) is 0 Å². The molecule has 0 radical (unpaired) electrons. The van der Waals surface area contributed by atoms with Crippen molar-refractivity contribution in [2.45, 2.75) is 0 Å². The van der Waals surface area contributed by atoms with Crippen molar-refractivity contribution in [2.24, 2.45) is 0 Å². The molecular formula is C26H27N3O6. The van der Waals surface area contributed by atoms with E-state index in [1.165, 1.54) is 0 Å². The van der Waals surface area contributed by atoms with Gasteiger partial charge in [-0.15, -0.1) is 5.10 Å². The van der Waals surface area contributed by atoms with Crippen LogP contribution in [0.2, 0.25) is 0 Å². The van der Waals surface area contributed by atoms with Gasteiger partial charge in [0.05, 0.1) is 59.5 Å². The van der Waals surface area contributed by atoms with E-state index < -0.39 is 0 Å². The van der Waals surface area contributed by atoms with Gasteiger partial charge in [0, 0.05) is 12.1 Å². The zero-order valence-electron chi connectivity index (χ0n) is 20.5. The maximum atomic E-state index is 5.68. The lowest BCUT2D eigenvalue weighted by Crippen LogP contribution is -2.02. The largest absolute Gasteiger partial charge is 0.496 e. The molecule has 0 aliphatic rings. The van der Waals surface area contributed by atoms with Crippen LogP contribution in [-0.4, -0.2) is 57.4 Å². The third-order valence-electron chi connectivity index (χ3n) is 5.50. The summed E-state index contributed by atoms with van der Waals surface area (Å²) in [6.45, 7) is 0. The summed E-state index contributed by atoms with van der Waals surface area (Å²) in [5, 5.41) is 4.84. The molecule has 4 rings (SSSR count). The number of rotatable bonds is 9. The first kappa shape index (κ1) is 23.7. The number of aromatic nitrogens is 3. The van der Waals surface area contributed by atoms with Crippen LogP contribution in [0.15, 0.2) is 54.6 Å². The van der Waals surface area contributed by atoms with Crippen molar-refractivity contribution in [2.75, 3.05) is 42.7 Å². The highest BCUT2D eigenvalue weighted by molar-refractivity contribution is 5.75. The molecule has 0 spiro atoms. The first-order valence-corrected chi connectivity index (χ1v) is 10.7. The first-order valence-electron chi connectivity index (χ1n) is 10.7. The standard InChI is InChI=1S/C26H27N3O6/c1-30-19-14-23(34-5)21(32-3)12-17(19)25-27-26(29(28-25)16-10-8-7-9-11-16)18-13-22(33-4)24(35-6)15-20(18)31-2/h7-15H,1-6H3. The SMILES string of the molecule is COc1cc(OC)c(-c2nc(-c3cc(OC)c(OC)cc3OC)n(-c3ccccc3)n2)cc1OC. The molecule has 1 aromatic heterocycles. The molecule has 0 bridgehead atoms. The second kappa shape index (κ2) is 10.3. The van der Waals surface area contributed by atoms with Crippen molar-refractivity contribution in [3.8, 4) is 63.0 Å². The third kappa shape index (κ3) is 4.40. The highest BCUT2D eigenvalue weighted by Gasteiger charge is 2.24. The molecule has 9 nitrogen and oxygen atoms in total. The van der Waals surface area contributed by atoms with E-state index in [0.29, 0.717) is 57.3 Å². The van der Waals surface area contributed by atoms with Crippen LogP contribution in [0.5, 0.6) is 34.5 Å². The Bertz CT molecular complexity index is 1320. The minimum Gasteiger partial charge on any atom is -0.496 e. The predicted molar refractivity (Wildman–Crippen MR) is 132 cm³/mol. The summed E-state index contributed by atoms with van der Waals surface area (Å²) in [5.41, 5.74) is 2.13. The molecular weight excluding hydrogens is 450 g/mol. The number of methoxy groups -OCH3 is 6. The number of hydrogen-bond donors (Lipinski definition) is 0. The molecule has 0 aliphatic heterocycles. The fourth-order valence-electron chi connectivity index (χ4n) is 3.76. The zero-order chi connectivity index (χ0) is 24.9. The fourth-order valence-corrected chi connectivity index (χ4v) is 3.76. The highest BCUT2D eigenvalue weighted by atomic mass is 16.5. The lowest BCUT2D eigenvalue weighted by Gasteiger charge is -2.14. The Labute approximate surface area is 203 Å². The van der Waals surface area contributed by atoms with Gasteiger partial charge in [-0.1, -0.05) is 18.2 Å². The molecule has 4 aromatic rings. The van der Waals surface area contributed by atoms with Crippen LogP contribution in [-0.2, 0) is 0 Å². The molecule has 182 valence electrons. The van der Waals surface area contributed by atoms with Crippen LogP contribution in [0.4, 0.5) is 0 Å². The van der Waals surface area contributed by atoms with Crippen molar-refractivity contribution in [3.05, 3.63) is 54.6 Å². The molecule has 0 amide bonds. The molecule has 0 atom stereocenters. The van der Waals surface area contributed by atoms with Crippen LogP contribution in [0.25, 0.3) is 28.5 Å². The van der Waals surface area contributed by atoms with E-state index >= 15 is 0 Å². The summed E-state index contributed by atoms with van der Waals surface area (Å²) < 4.78 is 35.0. The van der Waals surface area contributed by atoms with E-state index in [0.717, 1.165) is 5.69 Å². The maximum absolute atomic E-state index is 5.68. The molecule has 0 aliphatic carbocycles. The summed E-state index contributed by atoms with van der Waals surface area (Å²) in [7, 11) is 9.47. The number of benzene rings is 3. The Morgan fingerprint density at radius 2 is 1.00 bits per heavy atom. The van der Waals surface area contributed by atoms with Gasteiger partial charge < -0.3 is 28.4 Å². The lowest BCUT2D eigenvalue weighted by molar-refractivity contribution is 0.349. The Balaban J connectivity index is 2.00. The highest BCUT2D eigenvalue weighted by Crippen LogP contribution is 2.43. The third-order valence-corrected chi connectivity index (χ3v) is 5.50. The summed E-state index contributed by atoms with van der Waals surface area (Å²) >= 11 is 0. The lowest BCUT2D eigenvalue weighted by atomic mass is 10.1. The quantitative estimate of drug-likeness (QED) is 0.344. The number of nitrogens with zero attached hydrogens (tertiary/aromatic N) is 3. The fraction of sp³-hybridized carbons (Fsp3) is 0.231. The summed E-state index contributed by atoms with van der Waals surface area (Å²) in [6.07, 6.45) is 0. The van der Waals surface area contributed by atoms with E-state index in [4.69, 9.17) is 38.5 Å². The monoisotopic (exact) mass is 477 g/mol. The zero-order valence-corrected chi connectivity index (χ0v) is 20.5. The summed E-state index contributed by atoms with van der Waals surface area (Å²) in [4.78, 5) is 4.91. The van der Waals surface area contributed by atoms with E-state index in [9.17, 15) is 0 Å². The minimum atomic E-state index is 0.429. The number of para-hydroxylation sites is 1. The molecule has 9 heteroatoms. The van der Waals surface area contributed by atoms with Crippen LogP contribution in [0.3, 0.4) is 0 Å². The minimum absolute atomic E-state index is 0.429. The maximum Gasteiger partial charge on any atom is 0.186 e. The van der Waals surface area contributed by atoms with Gasteiger partial charge >= 0.3 is 0 Å². The molecule has 0 fully saturated rings. The van der Waals surface area contributed by atoms with Gasteiger partial charge in [0.25, 0.3) is 0 Å². The Kier molecular flexibility index (Phi) is 6.96. The average molecular weight is 478 g/mol. The summed E-state index contributed by atoms with van der Waals surface area (Å²) in [5.74, 6) is 4.22. The average Bonchev–Trinajstić information content (AvgIpc) is 3.36. The first-order chi connectivity index (χ1) is 17.1. The van der Waals surface area contributed by atoms with Crippen molar-refractivity contribution in [1.29, 1.82) is 0 Å². The van der Waals surface area contributed by atoms with E-state index in [1.807, 2.05) is 36.4 Å². The normalized spacial score (nSPS) is 10.6. The van der Waals surface area contributed by atoms with Crippen molar-refractivity contribution in [3.63, 3.8) is 0 Å². The molecule has 0 saturated carbocycles. The smallest absolute Gasteiger partial charge is 0.186 e. The van der Waals surface area contributed by atoms with Crippen molar-refractivity contribution < 1.29 is 28.4 Å². The molecule has 0 unspecified atom stereocenters. The van der Waals surface area contributed by atoms with Gasteiger partial charge in [0.1, 0.15) is 11.5 Å². The van der Waals surface area contributed by atoms with Crippen LogP contribution >= 0.6 is 0 Å². The van der Waals surface area contributed by atoms with Crippen LogP contribution < -0.4 is 28.4 Å². The second-order valence-electron chi connectivity index (χ2n) is 7.32. The predicted octanol–water partition coefficient (Wildman–Crippen LogP) is 4.65. The van der Waals surface area contributed by atoms with E-state index in [1.54, 1.807) is 65.5 Å². The van der Waals surface area contributed by atoms with Crippen molar-refractivity contribution >= 4 is 0 Å². The Hall–Kier alpha value is -4.40. The van der Waals surface area contributed by atoms with E-state index in [2.05, 4.69) is 0 Å². The van der Waals surface area contributed by atoms with E-state index in [-0.39, 0.29) is 0 Å². The Morgan fingerprint density at radius 3 is 1.51 bits per heavy atom. The Morgan fingerprint density at radius 1 is 0.543 bits per heavy atom.